The number of hydrogen-bond donors (Lipinski definition) is 1. The van der Waals surface area contributed by atoms with E-state index in [1.54, 1.807) is 0 Å². The molecule has 2 aromatic rings. The number of rotatable bonds is 7. The molecule has 3 rings (SSSR count). The SMILES string of the molecule is O=C(NC1CCOCC1)[C@H](c1cncnc1)N(C(=O)[C@H](F)Cl)c1ccc(OC(F)(F)F)cc1. The Labute approximate surface area is 190 Å². The number of amides is 2. The fourth-order valence-electron chi connectivity index (χ4n) is 3.31. The van der Waals surface area contributed by atoms with Crippen molar-refractivity contribution >= 4 is 29.1 Å². The van der Waals surface area contributed by atoms with Crippen molar-refractivity contribution in [2.24, 2.45) is 0 Å². The molecule has 8 nitrogen and oxygen atoms in total. The number of anilines is 1. The number of alkyl halides is 5. The number of halogens is 5. The normalized spacial score (nSPS) is 16.5. The summed E-state index contributed by atoms with van der Waals surface area (Å²) < 4.78 is 60.5. The molecule has 178 valence electrons. The van der Waals surface area contributed by atoms with Crippen LogP contribution in [0.5, 0.6) is 5.75 Å². The van der Waals surface area contributed by atoms with Gasteiger partial charge in [-0.1, -0.05) is 11.6 Å². The van der Waals surface area contributed by atoms with Crippen LogP contribution in [0.1, 0.15) is 24.4 Å². The van der Waals surface area contributed by atoms with Crippen molar-refractivity contribution in [2.75, 3.05) is 18.1 Å². The Balaban J connectivity index is 1.99. The minimum absolute atomic E-state index is 0.0891. The maximum Gasteiger partial charge on any atom is 0.573 e. The minimum atomic E-state index is -4.93. The van der Waals surface area contributed by atoms with Crippen molar-refractivity contribution in [2.45, 2.75) is 36.9 Å². The number of benzene rings is 1. The number of aromatic nitrogens is 2. The zero-order valence-corrected chi connectivity index (χ0v) is 17.7. The molecular weight excluding hydrogens is 472 g/mol. The molecule has 0 aliphatic carbocycles. The van der Waals surface area contributed by atoms with Crippen LogP contribution in [-0.4, -0.2) is 53.0 Å². The maximum absolute atomic E-state index is 14.0. The maximum atomic E-state index is 14.0. The Morgan fingerprint density at radius 2 is 1.76 bits per heavy atom. The van der Waals surface area contributed by atoms with Gasteiger partial charge in [0.05, 0.1) is 0 Å². The zero-order valence-electron chi connectivity index (χ0n) is 17.0. The van der Waals surface area contributed by atoms with Crippen LogP contribution in [-0.2, 0) is 14.3 Å². The fraction of sp³-hybridized carbons (Fsp3) is 0.400. The van der Waals surface area contributed by atoms with Gasteiger partial charge >= 0.3 is 6.36 Å². The quantitative estimate of drug-likeness (QED) is 0.473. The van der Waals surface area contributed by atoms with Crippen LogP contribution < -0.4 is 15.0 Å². The molecule has 1 aliphatic rings. The van der Waals surface area contributed by atoms with Crippen LogP contribution in [0.4, 0.5) is 23.2 Å². The molecule has 2 heterocycles. The monoisotopic (exact) mass is 490 g/mol. The van der Waals surface area contributed by atoms with E-state index >= 15 is 0 Å². The Morgan fingerprint density at radius 3 is 2.30 bits per heavy atom. The van der Waals surface area contributed by atoms with E-state index in [0.29, 0.717) is 26.1 Å². The standard InChI is InChI=1S/C20H19ClF4N4O4/c21-17(22)19(31)29(14-1-3-15(4-2-14)33-20(23,24)25)16(12-9-26-11-27-10-12)18(30)28-13-5-7-32-8-6-13/h1-4,9-11,13,16-17H,5-8H2,(H,28,30)/t16-,17-/m0/s1. The molecule has 1 N–H and O–H groups in total. The summed E-state index contributed by atoms with van der Waals surface area (Å²) >= 11 is 5.41. The first-order chi connectivity index (χ1) is 15.7. The van der Waals surface area contributed by atoms with Crippen molar-refractivity contribution < 1.29 is 36.6 Å². The lowest BCUT2D eigenvalue weighted by Gasteiger charge is -2.33. The first-order valence-electron chi connectivity index (χ1n) is 9.76. The van der Waals surface area contributed by atoms with Crippen LogP contribution in [0, 0.1) is 0 Å². The molecule has 2 amide bonds. The summed E-state index contributed by atoms with van der Waals surface area (Å²) in [7, 11) is 0. The van der Waals surface area contributed by atoms with Crippen molar-refractivity contribution in [1.29, 1.82) is 0 Å². The zero-order chi connectivity index (χ0) is 24.0. The molecule has 0 unspecified atom stereocenters. The lowest BCUT2D eigenvalue weighted by Crippen LogP contribution is -2.49. The van der Waals surface area contributed by atoms with E-state index in [-0.39, 0.29) is 17.3 Å². The summed E-state index contributed by atoms with van der Waals surface area (Å²) in [5.41, 5.74) is -2.48. The van der Waals surface area contributed by atoms with Gasteiger partial charge in [-0.3, -0.25) is 14.5 Å². The number of hydrogen-bond acceptors (Lipinski definition) is 6. The molecule has 1 aromatic carbocycles. The minimum Gasteiger partial charge on any atom is -0.406 e. The van der Waals surface area contributed by atoms with E-state index in [2.05, 4.69) is 20.0 Å². The number of carbonyl (C=O) groups is 2. The van der Waals surface area contributed by atoms with E-state index in [4.69, 9.17) is 16.3 Å². The van der Waals surface area contributed by atoms with E-state index in [1.807, 2.05) is 0 Å². The van der Waals surface area contributed by atoms with E-state index < -0.39 is 35.6 Å². The van der Waals surface area contributed by atoms with Crippen molar-refractivity contribution in [1.82, 2.24) is 15.3 Å². The molecule has 2 atom stereocenters. The second-order valence-electron chi connectivity index (χ2n) is 7.02. The van der Waals surface area contributed by atoms with Crippen LogP contribution >= 0.6 is 11.6 Å². The molecule has 1 aliphatic heterocycles. The predicted molar refractivity (Wildman–Crippen MR) is 108 cm³/mol. The average molecular weight is 491 g/mol. The van der Waals surface area contributed by atoms with Gasteiger partial charge in [0.15, 0.2) is 0 Å². The summed E-state index contributed by atoms with van der Waals surface area (Å²) in [5, 5.41) is 2.80. The molecule has 0 spiro atoms. The topological polar surface area (TPSA) is 93.6 Å². The van der Waals surface area contributed by atoms with Gasteiger partial charge in [0.2, 0.25) is 5.91 Å². The largest absolute Gasteiger partial charge is 0.573 e. The molecule has 1 fully saturated rings. The second-order valence-corrected chi connectivity index (χ2v) is 7.40. The van der Waals surface area contributed by atoms with Gasteiger partial charge < -0.3 is 14.8 Å². The summed E-state index contributed by atoms with van der Waals surface area (Å²) in [5.74, 6) is -2.53. The van der Waals surface area contributed by atoms with Crippen molar-refractivity contribution in [3.05, 3.63) is 48.5 Å². The molecule has 0 bridgehead atoms. The van der Waals surface area contributed by atoms with Gasteiger partial charge in [0.25, 0.3) is 11.5 Å². The first-order valence-corrected chi connectivity index (χ1v) is 10.2. The van der Waals surface area contributed by atoms with Crippen LogP contribution in [0.15, 0.2) is 43.0 Å². The van der Waals surface area contributed by atoms with Gasteiger partial charge in [-0.05, 0) is 37.1 Å². The molecule has 1 aromatic heterocycles. The summed E-state index contributed by atoms with van der Waals surface area (Å²) in [4.78, 5) is 34.5. The first kappa shape index (κ1) is 24.6. The van der Waals surface area contributed by atoms with Crippen LogP contribution in [0.3, 0.4) is 0 Å². The van der Waals surface area contributed by atoms with E-state index in [9.17, 15) is 27.2 Å². The highest BCUT2D eigenvalue weighted by molar-refractivity contribution is 6.32. The van der Waals surface area contributed by atoms with Crippen LogP contribution in [0.2, 0.25) is 0 Å². The average Bonchev–Trinajstić information content (AvgIpc) is 2.77. The summed E-state index contributed by atoms with van der Waals surface area (Å²) in [6.07, 6.45) is -0.129. The van der Waals surface area contributed by atoms with E-state index in [1.165, 1.54) is 18.7 Å². The van der Waals surface area contributed by atoms with Gasteiger partial charge in [-0.15, -0.1) is 13.2 Å². The van der Waals surface area contributed by atoms with E-state index in [0.717, 1.165) is 29.2 Å². The third-order valence-corrected chi connectivity index (χ3v) is 4.93. The molecule has 0 radical (unpaired) electrons. The molecular formula is C20H19ClF4N4O4. The second kappa shape index (κ2) is 10.8. The smallest absolute Gasteiger partial charge is 0.406 e. The Hall–Kier alpha value is -2.99. The molecule has 0 saturated carbocycles. The summed E-state index contributed by atoms with van der Waals surface area (Å²) in [6, 6.07) is 2.31. The highest BCUT2D eigenvalue weighted by Gasteiger charge is 2.37. The highest BCUT2D eigenvalue weighted by Crippen LogP contribution is 2.32. The fourth-order valence-corrected chi connectivity index (χ4v) is 3.41. The van der Waals surface area contributed by atoms with Gasteiger partial charge in [0.1, 0.15) is 18.1 Å². The molecule has 13 heteroatoms. The highest BCUT2D eigenvalue weighted by atomic mass is 35.5. The molecule has 33 heavy (non-hydrogen) atoms. The molecule has 1 saturated heterocycles. The van der Waals surface area contributed by atoms with Crippen LogP contribution in [0.25, 0.3) is 0 Å². The Bertz CT molecular complexity index is 941. The lowest BCUT2D eigenvalue weighted by atomic mass is 10.0. The third kappa shape index (κ3) is 6.75. The van der Waals surface area contributed by atoms with Crippen molar-refractivity contribution in [3.63, 3.8) is 0 Å². The predicted octanol–water partition coefficient (Wildman–Crippen LogP) is 3.28. The number of nitrogens with one attached hydrogen (secondary N) is 1. The third-order valence-electron chi connectivity index (χ3n) is 4.74. The number of nitrogens with zero attached hydrogens (tertiary/aromatic N) is 3. The summed E-state index contributed by atoms with van der Waals surface area (Å²) in [6.45, 7) is 0.864. The van der Waals surface area contributed by atoms with Gasteiger partial charge in [-0.25, -0.2) is 14.4 Å². The van der Waals surface area contributed by atoms with Gasteiger partial charge in [0, 0.05) is 42.9 Å². The lowest BCUT2D eigenvalue weighted by molar-refractivity contribution is -0.274. The number of ether oxygens (including phenoxy) is 2. The van der Waals surface area contributed by atoms with Gasteiger partial charge in [-0.2, -0.15) is 0 Å². The number of carbonyl (C=O) groups excluding carboxylic acids is 2. The Morgan fingerprint density at radius 1 is 1.15 bits per heavy atom. The Kier molecular flexibility index (Phi) is 8.03. The van der Waals surface area contributed by atoms with Crippen molar-refractivity contribution in [3.8, 4) is 5.75 Å².